The highest BCUT2D eigenvalue weighted by atomic mass is 19.4. The Hall–Kier alpha value is -2.04. The highest BCUT2D eigenvalue weighted by Crippen LogP contribution is 2.40. The molecule has 1 amide bonds. The first-order valence-corrected chi connectivity index (χ1v) is 6.62. The maximum absolute atomic E-state index is 12.7. The largest absolute Gasteiger partial charge is 0.391 e. The Balaban J connectivity index is 2.05. The standard InChI is InChI=1S/C13H15F3N4O/c1-20-7-9(6-17)11(19-20)18-12(21)8-3-2-4-10(5-8)13(14,15)16/h7-8,10H,2-5H2,1H3,(H,18,19,21). The summed E-state index contributed by atoms with van der Waals surface area (Å²) >= 11 is 0. The Morgan fingerprint density at radius 3 is 2.86 bits per heavy atom. The average molecular weight is 300 g/mol. The molecular formula is C13H15F3N4O. The molecule has 1 saturated carbocycles. The summed E-state index contributed by atoms with van der Waals surface area (Å²) in [6.45, 7) is 0. The van der Waals surface area contributed by atoms with Crippen LogP contribution in [0.2, 0.25) is 0 Å². The number of rotatable bonds is 2. The van der Waals surface area contributed by atoms with Crippen LogP contribution in [0.4, 0.5) is 19.0 Å². The van der Waals surface area contributed by atoms with Crippen LogP contribution in [-0.2, 0) is 11.8 Å². The molecule has 0 saturated heterocycles. The minimum Gasteiger partial charge on any atom is -0.308 e. The van der Waals surface area contributed by atoms with Crippen molar-refractivity contribution in [3.8, 4) is 6.07 Å². The number of alkyl halides is 3. The molecule has 2 atom stereocenters. The number of carbonyl (C=O) groups is 1. The van der Waals surface area contributed by atoms with Crippen LogP contribution in [0.25, 0.3) is 0 Å². The van der Waals surface area contributed by atoms with E-state index >= 15 is 0 Å². The zero-order valence-electron chi connectivity index (χ0n) is 11.4. The molecule has 1 fully saturated rings. The lowest BCUT2D eigenvalue weighted by Gasteiger charge is -2.29. The first kappa shape index (κ1) is 15.4. The Morgan fingerprint density at radius 2 is 2.24 bits per heavy atom. The van der Waals surface area contributed by atoms with Gasteiger partial charge in [0, 0.05) is 19.2 Å². The molecule has 21 heavy (non-hydrogen) atoms. The molecule has 1 N–H and O–H groups in total. The quantitative estimate of drug-likeness (QED) is 0.912. The van der Waals surface area contributed by atoms with Crippen molar-refractivity contribution in [3.05, 3.63) is 11.8 Å². The van der Waals surface area contributed by atoms with Gasteiger partial charge in [0.25, 0.3) is 0 Å². The zero-order valence-corrected chi connectivity index (χ0v) is 11.4. The van der Waals surface area contributed by atoms with Crippen LogP contribution in [0.15, 0.2) is 6.20 Å². The highest BCUT2D eigenvalue weighted by molar-refractivity contribution is 5.92. The van der Waals surface area contributed by atoms with Gasteiger partial charge in [0.05, 0.1) is 5.92 Å². The van der Waals surface area contributed by atoms with Crippen molar-refractivity contribution < 1.29 is 18.0 Å². The Morgan fingerprint density at radius 1 is 1.52 bits per heavy atom. The summed E-state index contributed by atoms with van der Waals surface area (Å²) in [4.78, 5) is 12.1. The number of carbonyl (C=O) groups excluding carboxylic acids is 1. The van der Waals surface area contributed by atoms with Crippen molar-refractivity contribution in [3.63, 3.8) is 0 Å². The fourth-order valence-corrected chi connectivity index (χ4v) is 2.61. The van der Waals surface area contributed by atoms with Crippen molar-refractivity contribution in [2.75, 3.05) is 5.32 Å². The number of aryl methyl sites for hydroxylation is 1. The smallest absolute Gasteiger partial charge is 0.308 e. The number of nitrogens with one attached hydrogen (secondary N) is 1. The molecule has 0 aliphatic heterocycles. The van der Waals surface area contributed by atoms with Gasteiger partial charge in [-0.15, -0.1) is 0 Å². The van der Waals surface area contributed by atoms with Crippen LogP contribution >= 0.6 is 0 Å². The summed E-state index contributed by atoms with van der Waals surface area (Å²) < 4.78 is 39.6. The number of hydrogen-bond donors (Lipinski definition) is 1. The van der Waals surface area contributed by atoms with Gasteiger partial charge in [-0.05, 0) is 19.3 Å². The molecule has 8 heteroatoms. The second-order valence-electron chi connectivity index (χ2n) is 5.27. The van der Waals surface area contributed by atoms with Crippen LogP contribution in [0.1, 0.15) is 31.2 Å². The number of nitrogens with zero attached hydrogens (tertiary/aromatic N) is 3. The highest BCUT2D eigenvalue weighted by Gasteiger charge is 2.43. The number of amides is 1. The number of aromatic nitrogens is 2. The summed E-state index contributed by atoms with van der Waals surface area (Å²) in [5, 5.41) is 15.3. The van der Waals surface area contributed by atoms with Crippen LogP contribution in [-0.4, -0.2) is 21.9 Å². The van der Waals surface area contributed by atoms with E-state index < -0.39 is 23.9 Å². The number of nitriles is 1. The second kappa shape index (κ2) is 5.76. The molecule has 1 aromatic rings. The second-order valence-corrected chi connectivity index (χ2v) is 5.27. The number of halogens is 3. The molecule has 2 rings (SSSR count). The van der Waals surface area contributed by atoms with Crippen molar-refractivity contribution in [1.29, 1.82) is 5.26 Å². The van der Waals surface area contributed by atoms with E-state index in [9.17, 15) is 18.0 Å². The number of anilines is 1. The van der Waals surface area contributed by atoms with E-state index in [4.69, 9.17) is 5.26 Å². The van der Waals surface area contributed by atoms with Gasteiger partial charge in [-0.1, -0.05) is 6.42 Å². The SMILES string of the molecule is Cn1cc(C#N)c(NC(=O)C2CCCC(C(F)(F)F)C2)n1. The molecule has 0 radical (unpaired) electrons. The molecule has 0 aromatic carbocycles. The van der Waals surface area contributed by atoms with E-state index in [0.717, 1.165) is 0 Å². The van der Waals surface area contributed by atoms with Crippen LogP contribution < -0.4 is 5.32 Å². The molecule has 1 aromatic heterocycles. The van der Waals surface area contributed by atoms with Crippen molar-refractivity contribution in [2.24, 2.45) is 18.9 Å². The minimum absolute atomic E-state index is 0.0698. The van der Waals surface area contributed by atoms with Crippen LogP contribution in [0.5, 0.6) is 0 Å². The van der Waals surface area contributed by atoms with E-state index in [-0.39, 0.29) is 24.2 Å². The molecule has 5 nitrogen and oxygen atoms in total. The van der Waals surface area contributed by atoms with Gasteiger partial charge in [0.2, 0.25) is 5.91 Å². The summed E-state index contributed by atoms with van der Waals surface area (Å²) in [7, 11) is 1.59. The van der Waals surface area contributed by atoms with Gasteiger partial charge in [-0.3, -0.25) is 9.48 Å². The Kier molecular flexibility index (Phi) is 4.21. The first-order chi connectivity index (χ1) is 9.81. The van der Waals surface area contributed by atoms with Gasteiger partial charge in [0.1, 0.15) is 11.6 Å². The minimum atomic E-state index is -4.26. The summed E-state index contributed by atoms with van der Waals surface area (Å²) in [6.07, 6.45) is -2.16. The van der Waals surface area contributed by atoms with Crippen LogP contribution in [0, 0.1) is 23.2 Å². The predicted molar refractivity (Wildman–Crippen MR) is 68.1 cm³/mol. The fourth-order valence-electron chi connectivity index (χ4n) is 2.61. The Bertz CT molecular complexity index is 573. The van der Waals surface area contributed by atoms with E-state index in [0.29, 0.717) is 12.8 Å². The van der Waals surface area contributed by atoms with Gasteiger partial charge in [0.15, 0.2) is 5.82 Å². The van der Waals surface area contributed by atoms with Crippen molar-refractivity contribution in [1.82, 2.24) is 9.78 Å². The Labute approximate surface area is 119 Å². The molecule has 114 valence electrons. The normalized spacial score (nSPS) is 22.6. The van der Waals surface area contributed by atoms with E-state index in [1.165, 1.54) is 10.9 Å². The topological polar surface area (TPSA) is 70.7 Å². The van der Waals surface area contributed by atoms with Gasteiger partial charge < -0.3 is 5.32 Å². The first-order valence-electron chi connectivity index (χ1n) is 6.62. The molecule has 1 heterocycles. The molecule has 0 spiro atoms. The zero-order chi connectivity index (χ0) is 15.6. The van der Waals surface area contributed by atoms with E-state index in [2.05, 4.69) is 10.4 Å². The van der Waals surface area contributed by atoms with E-state index in [1.807, 2.05) is 6.07 Å². The van der Waals surface area contributed by atoms with Gasteiger partial charge in [-0.2, -0.15) is 23.5 Å². The molecule has 1 aliphatic carbocycles. The maximum Gasteiger partial charge on any atom is 0.391 e. The molecule has 2 unspecified atom stereocenters. The molecular weight excluding hydrogens is 285 g/mol. The third kappa shape index (κ3) is 3.54. The van der Waals surface area contributed by atoms with E-state index in [1.54, 1.807) is 7.05 Å². The molecule has 0 bridgehead atoms. The average Bonchev–Trinajstić information content (AvgIpc) is 2.78. The van der Waals surface area contributed by atoms with Crippen molar-refractivity contribution >= 4 is 11.7 Å². The monoisotopic (exact) mass is 300 g/mol. The fraction of sp³-hybridized carbons (Fsp3) is 0.615. The summed E-state index contributed by atoms with van der Waals surface area (Å²) in [5.74, 6) is -2.53. The summed E-state index contributed by atoms with van der Waals surface area (Å²) in [5.41, 5.74) is 0.189. The van der Waals surface area contributed by atoms with Crippen molar-refractivity contribution in [2.45, 2.75) is 31.9 Å². The summed E-state index contributed by atoms with van der Waals surface area (Å²) in [6, 6.07) is 1.88. The number of hydrogen-bond acceptors (Lipinski definition) is 3. The van der Waals surface area contributed by atoms with Gasteiger partial charge in [-0.25, -0.2) is 0 Å². The lowest BCUT2D eigenvalue weighted by Crippen LogP contribution is -2.34. The predicted octanol–water partition coefficient (Wildman–Crippen LogP) is 2.60. The third-order valence-electron chi connectivity index (χ3n) is 3.70. The lowest BCUT2D eigenvalue weighted by molar-refractivity contribution is -0.185. The van der Waals surface area contributed by atoms with Gasteiger partial charge >= 0.3 is 6.18 Å². The maximum atomic E-state index is 12.7. The lowest BCUT2D eigenvalue weighted by atomic mass is 9.80. The van der Waals surface area contributed by atoms with Crippen LogP contribution in [0.3, 0.4) is 0 Å². The molecule has 1 aliphatic rings. The third-order valence-corrected chi connectivity index (χ3v) is 3.70.